The quantitative estimate of drug-likeness (QED) is 0.715. The van der Waals surface area contributed by atoms with Crippen LogP contribution in [-0.2, 0) is 22.3 Å². The molecule has 0 aliphatic carbocycles. The van der Waals surface area contributed by atoms with Gasteiger partial charge in [0, 0.05) is 33.3 Å². The van der Waals surface area contributed by atoms with Gasteiger partial charge in [-0.25, -0.2) is 0 Å². The Morgan fingerprint density at radius 2 is 0.923 bits per heavy atom. The molecule has 0 spiro atoms. The standard InChI is InChI=1S/C5H15O5P3/c1-11(2,6)9-13(5,8)10-12(3,4)7/h1-5H3. The van der Waals surface area contributed by atoms with Crippen LogP contribution < -0.4 is 0 Å². The van der Waals surface area contributed by atoms with Gasteiger partial charge in [-0.2, -0.15) is 0 Å². The van der Waals surface area contributed by atoms with E-state index < -0.39 is 22.3 Å². The van der Waals surface area contributed by atoms with E-state index in [1.54, 1.807) is 0 Å². The number of rotatable bonds is 4. The molecule has 0 aliphatic heterocycles. The summed E-state index contributed by atoms with van der Waals surface area (Å²) in [6.45, 7) is 6.45. The van der Waals surface area contributed by atoms with E-state index in [2.05, 4.69) is 0 Å². The first-order valence-electron chi connectivity index (χ1n) is 3.51. The highest BCUT2D eigenvalue weighted by atomic mass is 31.3. The van der Waals surface area contributed by atoms with Crippen LogP contribution in [0.4, 0.5) is 0 Å². The molecule has 0 N–H and O–H groups in total. The Bertz CT molecular complexity index is 282. The van der Waals surface area contributed by atoms with Crippen LogP contribution in [-0.4, -0.2) is 33.3 Å². The van der Waals surface area contributed by atoms with Crippen molar-refractivity contribution in [1.82, 2.24) is 0 Å². The maximum absolute atomic E-state index is 11.5. The first-order valence-corrected chi connectivity index (χ1v) is 10.5. The third-order valence-corrected chi connectivity index (χ3v) is 6.21. The summed E-state index contributed by atoms with van der Waals surface area (Å²) in [5.74, 6) is 0. The lowest BCUT2D eigenvalue weighted by molar-refractivity contribution is 0.390. The van der Waals surface area contributed by atoms with Gasteiger partial charge in [0.1, 0.15) is 0 Å². The second kappa shape index (κ2) is 4.00. The van der Waals surface area contributed by atoms with E-state index in [9.17, 15) is 13.7 Å². The van der Waals surface area contributed by atoms with E-state index in [0.717, 1.165) is 6.66 Å². The minimum absolute atomic E-state index is 1.16. The molecule has 5 nitrogen and oxygen atoms in total. The third-order valence-electron chi connectivity index (χ3n) is 0.690. The van der Waals surface area contributed by atoms with E-state index in [-0.39, 0.29) is 0 Å². The molecule has 13 heavy (non-hydrogen) atoms. The summed E-state index contributed by atoms with van der Waals surface area (Å²) in [5, 5.41) is 0. The maximum Gasteiger partial charge on any atom is 0.338 e. The van der Waals surface area contributed by atoms with Crippen molar-refractivity contribution in [2.24, 2.45) is 0 Å². The molecule has 0 aromatic heterocycles. The van der Waals surface area contributed by atoms with Gasteiger partial charge in [-0.3, -0.25) is 22.3 Å². The molecule has 0 aliphatic rings. The minimum Gasteiger partial charge on any atom is -0.293 e. The van der Waals surface area contributed by atoms with E-state index in [4.69, 9.17) is 8.62 Å². The van der Waals surface area contributed by atoms with E-state index in [1.807, 2.05) is 0 Å². The molecular formula is C5H15O5P3. The van der Waals surface area contributed by atoms with E-state index >= 15 is 0 Å². The van der Waals surface area contributed by atoms with Crippen molar-refractivity contribution in [3.05, 3.63) is 0 Å². The monoisotopic (exact) mass is 248 g/mol. The first kappa shape index (κ1) is 13.6. The summed E-state index contributed by atoms with van der Waals surface area (Å²) >= 11 is 0. The van der Waals surface area contributed by atoms with Crippen LogP contribution >= 0.6 is 22.3 Å². The van der Waals surface area contributed by atoms with Crippen LogP contribution in [0.3, 0.4) is 0 Å². The fourth-order valence-electron chi connectivity index (χ4n) is 0.729. The van der Waals surface area contributed by atoms with Crippen molar-refractivity contribution in [3.8, 4) is 0 Å². The zero-order valence-electron chi connectivity index (χ0n) is 8.38. The van der Waals surface area contributed by atoms with Crippen LogP contribution in [0.25, 0.3) is 0 Å². The van der Waals surface area contributed by atoms with Crippen LogP contribution in [0.5, 0.6) is 0 Å². The van der Waals surface area contributed by atoms with E-state index in [0.29, 0.717) is 0 Å². The molecular weight excluding hydrogens is 233 g/mol. The van der Waals surface area contributed by atoms with Gasteiger partial charge in [-0.05, 0) is 0 Å². The van der Waals surface area contributed by atoms with Crippen LogP contribution in [0.15, 0.2) is 0 Å². The highest BCUT2D eigenvalue weighted by Gasteiger charge is 2.29. The Kier molecular flexibility index (Phi) is 4.19. The third kappa shape index (κ3) is 8.93. The average molecular weight is 248 g/mol. The molecule has 0 rings (SSSR count). The Hall–Kier alpha value is 0.610. The Labute approximate surface area is 78.6 Å². The largest absolute Gasteiger partial charge is 0.338 e. The summed E-state index contributed by atoms with van der Waals surface area (Å²) in [6, 6.07) is 0. The average Bonchev–Trinajstić information content (AvgIpc) is 1.43. The Morgan fingerprint density at radius 1 is 0.692 bits per heavy atom. The molecule has 0 bridgehead atoms. The molecule has 80 valence electrons. The lowest BCUT2D eigenvalue weighted by Gasteiger charge is -2.18. The second-order valence-corrected chi connectivity index (χ2v) is 11.3. The fraction of sp³-hybridized carbons (Fsp3) is 1.00. The molecule has 0 unspecified atom stereocenters. The van der Waals surface area contributed by atoms with Gasteiger partial charge in [0.25, 0.3) is 0 Å². The van der Waals surface area contributed by atoms with Crippen molar-refractivity contribution in [3.63, 3.8) is 0 Å². The summed E-state index contributed by atoms with van der Waals surface area (Å²) < 4.78 is 43.2. The topological polar surface area (TPSA) is 69.7 Å². The zero-order chi connectivity index (χ0) is 10.9. The highest BCUT2D eigenvalue weighted by molar-refractivity contribution is 7.74. The molecule has 0 saturated carbocycles. The predicted molar refractivity (Wildman–Crippen MR) is 54.6 cm³/mol. The molecule has 0 aromatic carbocycles. The highest BCUT2D eigenvalue weighted by Crippen LogP contribution is 2.65. The Morgan fingerprint density at radius 3 is 1.08 bits per heavy atom. The fourth-order valence-corrected chi connectivity index (χ4v) is 6.83. The summed E-state index contributed by atoms with van der Waals surface area (Å²) in [7, 11) is -9.23. The lowest BCUT2D eigenvalue weighted by Crippen LogP contribution is -1.90. The summed E-state index contributed by atoms with van der Waals surface area (Å²) in [5.41, 5.74) is 0. The van der Waals surface area contributed by atoms with Crippen molar-refractivity contribution in [2.45, 2.75) is 0 Å². The molecule has 0 saturated heterocycles. The van der Waals surface area contributed by atoms with Crippen LogP contribution in [0.1, 0.15) is 0 Å². The van der Waals surface area contributed by atoms with Gasteiger partial charge in [-0.15, -0.1) is 0 Å². The first-order chi connectivity index (χ1) is 5.41. The number of hydrogen-bond donors (Lipinski definition) is 0. The van der Waals surface area contributed by atoms with Crippen molar-refractivity contribution in [1.29, 1.82) is 0 Å². The maximum atomic E-state index is 11.5. The zero-order valence-corrected chi connectivity index (χ0v) is 11.1. The molecule has 0 aromatic rings. The van der Waals surface area contributed by atoms with Gasteiger partial charge in [0.05, 0.1) is 0 Å². The summed E-state index contributed by atoms with van der Waals surface area (Å²) in [6.07, 6.45) is 0. The van der Waals surface area contributed by atoms with Crippen molar-refractivity contribution < 1.29 is 22.3 Å². The predicted octanol–water partition coefficient (Wildman–Crippen LogP) is 2.92. The lowest BCUT2D eigenvalue weighted by atomic mass is 11.9. The normalized spacial score (nSPS) is 14.5. The smallest absolute Gasteiger partial charge is 0.293 e. The molecule has 0 fully saturated rings. The van der Waals surface area contributed by atoms with Gasteiger partial charge < -0.3 is 0 Å². The van der Waals surface area contributed by atoms with Crippen molar-refractivity contribution >= 4 is 22.3 Å². The van der Waals surface area contributed by atoms with Gasteiger partial charge in [-0.1, -0.05) is 0 Å². The summed E-state index contributed by atoms with van der Waals surface area (Å²) in [4.78, 5) is 0. The SMILES string of the molecule is CP(C)(=O)OP(C)(=O)OP(C)(C)=O. The molecule has 0 heterocycles. The van der Waals surface area contributed by atoms with Gasteiger partial charge >= 0.3 is 7.60 Å². The van der Waals surface area contributed by atoms with Crippen LogP contribution in [0.2, 0.25) is 0 Å². The molecule has 0 radical (unpaired) electrons. The molecule has 0 atom stereocenters. The van der Waals surface area contributed by atoms with Crippen molar-refractivity contribution in [2.75, 3.05) is 33.3 Å². The minimum atomic E-state index is -3.46. The molecule has 0 amide bonds. The van der Waals surface area contributed by atoms with Gasteiger partial charge in [0.2, 0.25) is 14.7 Å². The van der Waals surface area contributed by atoms with Crippen LogP contribution in [0, 0.1) is 0 Å². The second-order valence-electron chi connectivity index (χ2n) is 3.44. The van der Waals surface area contributed by atoms with E-state index in [1.165, 1.54) is 26.7 Å². The van der Waals surface area contributed by atoms with Gasteiger partial charge in [0.15, 0.2) is 0 Å². The number of hydrogen-bond acceptors (Lipinski definition) is 5. The Balaban J connectivity index is 4.54. The molecule has 8 heteroatoms.